The van der Waals surface area contributed by atoms with Crippen LogP contribution in [0, 0.1) is 0 Å². The summed E-state index contributed by atoms with van der Waals surface area (Å²) in [7, 11) is 0. The third kappa shape index (κ3) is 1.94. The lowest BCUT2D eigenvalue weighted by molar-refractivity contribution is -0.287. The number of carbonyl (C=O) groups is 1. The van der Waals surface area contributed by atoms with Crippen molar-refractivity contribution >= 4 is 17.6 Å². The van der Waals surface area contributed by atoms with E-state index in [0.717, 1.165) is 0 Å². The minimum Gasteiger partial charge on any atom is -0.506 e. The standard InChI is InChI=1S/C7H3F5O2S/c8-6(9,7(10,11)12)5-1-3(14)4(2-13)15-5/h1-2,14H. The molecule has 0 aliphatic heterocycles. The number of alkyl halides is 5. The van der Waals surface area contributed by atoms with Gasteiger partial charge in [-0.3, -0.25) is 4.79 Å². The lowest BCUT2D eigenvalue weighted by Gasteiger charge is -2.17. The summed E-state index contributed by atoms with van der Waals surface area (Å²) in [6, 6.07) is 0.238. The number of carbonyl (C=O) groups excluding carboxylic acids is 1. The van der Waals surface area contributed by atoms with E-state index in [9.17, 15) is 26.7 Å². The molecule has 1 N–H and O–H groups in total. The number of halogens is 5. The van der Waals surface area contributed by atoms with Gasteiger partial charge in [0, 0.05) is 6.07 Å². The molecule has 1 aromatic heterocycles. The van der Waals surface area contributed by atoms with Crippen molar-refractivity contribution in [2.45, 2.75) is 12.1 Å². The second-order valence-corrected chi connectivity index (χ2v) is 3.63. The van der Waals surface area contributed by atoms with Crippen LogP contribution in [0.1, 0.15) is 14.5 Å². The summed E-state index contributed by atoms with van der Waals surface area (Å²) in [4.78, 5) is 8.17. The summed E-state index contributed by atoms with van der Waals surface area (Å²) in [5.41, 5.74) is 0. The molecular formula is C7H3F5O2S. The Labute approximate surface area is 84.0 Å². The maximum Gasteiger partial charge on any atom is 0.458 e. The summed E-state index contributed by atoms with van der Waals surface area (Å²) >= 11 is -0.0947. The fraction of sp³-hybridized carbons (Fsp3) is 0.286. The molecule has 0 saturated carbocycles. The number of hydrogen-bond donors (Lipinski definition) is 1. The third-order valence-electron chi connectivity index (χ3n) is 1.51. The average molecular weight is 246 g/mol. The van der Waals surface area contributed by atoms with Gasteiger partial charge in [0.15, 0.2) is 6.29 Å². The highest BCUT2D eigenvalue weighted by molar-refractivity contribution is 7.14. The van der Waals surface area contributed by atoms with Crippen molar-refractivity contribution in [3.05, 3.63) is 15.8 Å². The van der Waals surface area contributed by atoms with E-state index in [1.807, 2.05) is 0 Å². The molecule has 0 aromatic carbocycles. The molecule has 0 amide bonds. The Bertz CT molecular complexity index is 381. The van der Waals surface area contributed by atoms with Gasteiger partial charge < -0.3 is 5.11 Å². The molecule has 84 valence electrons. The lowest BCUT2D eigenvalue weighted by atomic mass is 10.2. The second-order valence-electron chi connectivity index (χ2n) is 2.55. The van der Waals surface area contributed by atoms with Crippen LogP contribution in [0.4, 0.5) is 22.0 Å². The molecule has 0 radical (unpaired) electrons. The van der Waals surface area contributed by atoms with Gasteiger partial charge in [-0.1, -0.05) is 0 Å². The van der Waals surface area contributed by atoms with Crippen LogP contribution in [0.3, 0.4) is 0 Å². The molecule has 0 saturated heterocycles. The van der Waals surface area contributed by atoms with Crippen LogP contribution < -0.4 is 0 Å². The predicted octanol–water partition coefficient (Wildman–Crippen LogP) is 2.92. The Hall–Kier alpha value is -1.18. The van der Waals surface area contributed by atoms with Crippen LogP contribution in [0.25, 0.3) is 0 Å². The zero-order valence-electron chi connectivity index (χ0n) is 6.81. The molecule has 0 bridgehead atoms. The van der Waals surface area contributed by atoms with Gasteiger partial charge in [-0.2, -0.15) is 22.0 Å². The number of thiophene rings is 1. The molecule has 0 aliphatic rings. The number of hydrogen-bond acceptors (Lipinski definition) is 3. The number of rotatable bonds is 2. The summed E-state index contributed by atoms with van der Waals surface area (Å²) in [5.74, 6) is -5.94. The van der Waals surface area contributed by atoms with E-state index >= 15 is 0 Å². The molecule has 0 unspecified atom stereocenters. The fourth-order valence-corrected chi connectivity index (χ4v) is 1.64. The van der Waals surface area contributed by atoms with Gasteiger partial charge in [-0.15, -0.1) is 11.3 Å². The smallest absolute Gasteiger partial charge is 0.458 e. The van der Waals surface area contributed by atoms with E-state index < -0.39 is 27.6 Å². The monoisotopic (exact) mass is 246 g/mol. The largest absolute Gasteiger partial charge is 0.506 e. The van der Waals surface area contributed by atoms with Crippen molar-refractivity contribution in [1.82, 2.24) is 0 Å². The van der Waals surface area contributed by atoms with E-state index in [1.54, 1.807) is 0 Å². The van der Waals surface area contributed by atoms with Crippen LogP contribution in [-0.4, -0.2) is 17.6 Å². The van der Waals surface area contributed by atoms with Gasteiger partial charge in [0.25, 0.3) is 0 Å². The highest BCUT2D eigenvalue weighted by atomic mass is 32.1. The van der Waals surface area contributed by atoms with Gasteiger partial charge in [-0.25, -0.2) is 0 Å². The van der Waals surface area contributed by atoms with Crippen LogP contribution in [0.5, 0.6) is 5.75 Å². The van der Waals surface area contributed by atoms with Gasteiger partial charge in [0.1, 0.15) is 10.6 Å². The highest BCUT2D eigenvalue weighted by Crippen LogP contribution is 2.47. The first-order valence-electron chi connectivity index (χ1n) is 3.43. The van der Waals surface area contributed by atoms with Crippen LogP contribution >= 0.6 is 11.3 Å². The Morgan fingerprint density at radius 3 is 2.13 bits per heavy atom. The van der Waals surface area contributed by atoms with E-state index in [-0.39, 0.29) is 23.7 Å². The molecular weight excluding hydrogens is 243 g/mol. The zero-order chi connectivity index (χ0) is 11.9. The van der Waals surface area contributed by atoms with Crippen molar-refractivity contribution in [1.29, 1.82) is 0 Å². The first-order valence-corrected chi connectivity index (χ1v) is 4.24. The van der Waals surface area contributed by atoms with Gasteiger partial charge in [0.2, 0.25) is 0 Å². The third-order valence-corrected chi connectivity index (χ3v) is 2.63. The maximum absolute atomic E-state index is 12.7. The van der Waals surface area contributed by atoms with Gasteiger partial charge >= 0.3 is 12.1 Å². The molecule has 0 spiro atoms. The van der Waals surface area contributed by atoms with Crippen LogP contribution in [0.2, 0.25) is 0 Å². The predicted molar refractivity (Wildman–Crippen MR) is 41.3 cm³/mol. The van der Waals surface area contributed by atoms with Gasteiger partial charge in [-0.05, 0) is 0 Å². The molecule has 1 rings (SSSR count). The topological polar surface area (TPSA) is 37.3 Å². The molecule has 0 fully saturated rings. The molecule has 1 aromatic rings. The second kappa shape index (κ2) is 3.44. The zero-order valence-corrected chi connectivity index (χ0v) is 7.62. The molecule has 0 atom stereocenters. The Morgan fingerprint density at radius 1 is 1.27 bits per heavy atom. The van der Waals surface area contributed by atoms with Crippen LogP contribution in [-0.2, 0) is 5.92 Å². The number of aldehydes is 1. The SMILES string of the molecule is O=Cc1sc(C(F)(F)C(F)(F)F)cc1O. The van der Waals surface area contributed by atoms with E-state index in [4.69, 9.17) is 5.11 Å². The quantitative estimate of drug-likeness (QED) is 0.643. The summed E-state index contributed by atoms with van der Waals surface area (Å²) in [6.45, 7) is 0. The van der Waals surface area contributed by atoms with Crippen molar-refractivity contribution < 1.29 is 31.9 Å². The maximum atomic E-state index is 12.7. The Kier molecular flexibility index (Phi) is 2.73. The summed E-state index contributed by atoms with van der Waals surface area (Å²) < 4.78 is 60.9. The molecule has 8 heteroatoms. The fourth-order valence-electron chi connectivity index (χ4n) is 0.774. The molecule has 15 heavy (non-hydrogen) atoms. The molecule has 2 nitrogen and oxygen atoms in total. The Balaban J connectivity index is 3.22. The summed E-state index contributed by atoms with van der Waals surface area (Å²) in [5, 5.41) is 8.84. The first-order chi connectivity index (χ1) is 6.70. The minimum atomic E-state index is -5.75. The lowest BCUT2D eigenvalue weighted by Crippen LogP contribution is -2.32. The van der Waals surface area contributed by atoms with Crippen molar-refractivity contribution in [3.8, 4) is 5.75 Å². The molecule has 0 aliphatic carbocycles. The van der Waals surface area contributed by atoms with E-state index in [0.29, 0.717) is 0 Å². The first kappa shape index (κ1) is 11.9. The van der Waals surface area contributed by atoms with Crippen molar-refractivity contribution in [3.63, 3.8) is 0 Å². The van der Waals surface area contributed by atoms with E-state index in [2.05, 4.69) is 0 Å². The van der Waals surface area contributed by atoms with Crippen molar-refractivity contribution in [2.75, 3.05) is 0 Å². The highest BCUT2D eigenvalue weighted by Gasteiger charge is 2.59. The van der Waals surface area contributed by atoms with E-state index in [1.165, 1.54) is 0 Å². The van der Waals surface area contributed by atoms with Crippen molar-refractivity contribution in [2.24, 2.45) is 0 Å². The van der Waals surface area contributed by atoms with Gasteiger partial charge in [0.05, 0.1) is 4.88 Å². The molecule has 1 heterocycles. The van der Waals surface area contributed by atoms with Crippen LogP contribution in [0.15, 0.2) is 6.07 Å². The Morgan fingerprint density at radius 2 is 1.80 bits per heavy atom. The minimum absolute atomic E-state index is 0.00988. The average Bonchev–Trinajstić information content (AvgIpc) is 2.45. The number of aromatic hydroxyl groups is 1. The normalized spacial score (nSPS) is 12.9. The summed E-state index contributed by atoms with van der Waals surface area (Å²) in [6.07, 6.45) is -5.74.